The standard InChI is InChI=1S/C45H25N5/c1-48-39-23-22-31(49-40-17-6-5-15-35(40)37-25-29(27-46)21-24-44(37)49)26-38(39)45-30(28-47)11-10-16-36(45)34-14-4-9-20-43(34)50-41-18-7-2-12-32(41)33-13-3-8-19-42(33)50/h2-26H. The van der Waals surface area contributed by atoms with Gasteiger partial charge in [0.1, 0.15) is 0 Å². The first kappa shape index (κ1) is 28.8. The molecule has 50 heavy (non-hydrogen) atoms. The quantitative estimate of drug-likeness (QED) is 0.181. The van der Waals surface area contributed by atoms with Crippen molar-refractivity contribution in [1.29, 1.82) is 10.5 Å². The Morgan fingerprint density at radius 1 is 0.480 bits per heavy atom. The lowest BCUT2D eigenvalue weighted by Crippen LogP contribution is -2.00. The summed E-state index contributed by atoms with van der Waals surface area (Å²) < 4.78 is 4.46. The van der Waals surface area contributed by atoms with Crippen LogP contribution in [0.15, 0.2) is 152 Å². The van der Waals surface area contributed by atoms with Gasteiger partial charge < -0.3 is 9.13 Å². The molecule has 0 spiro atoms. The number of nitrogens with zero attached hydrogens (tertiary/aromatic N) is 5. The largest absolute Gasteiger partial charge is 0.309 e. The number of rotatable bonds is 4. The fourth-order valence-electron chi connectivity index (χ4n) is 7.52. The number of fused-ring (bicyclic) bond motifs is 6. The van der Waals surface area contributed by atoms with Crippen molar-refractivity contribution in [1.82, 2.24) is 9.13 Å². The Hall–Kier alpha value is -7.39. The molecule has 0 amide bonds. The Bertz CT molecular complexity index is 2920. The van der Waals surface area contributed by atoms with Gasteiger partial charge in [0, 0.05) is 32.8 Å². The van der Waals surface area contributed by atoms with Crippen molar-refractivity contribution < 1.29 is 0 Å². The van der Waals surface area contributed by atoms with Gasteiger partial charge in [-0.2, -0.15) is 10.5 Å². The molecule has 0 aliphatic carbocycles. The molecule has 0 saturated carbocycles. The van der Waals surface area contributed by atoms with E-state index in [1.165, 1.54) is 10.8 Å². The molecule has 2 aromatic heterocycles. The number of hydrogen-bond donors (Lipinski definition) is 0. The predicted molar refractivity (Wildman–Crippen MR) is 202 cm³/mol. The van der Waals surface area contributed by atoms with E-state index >= 15 is 0 Å². The third-order valence-corrected chi connectivity index (χ3v) is 9.63. The van der Waals surface area contributed by atoms with E-state index in [0.717, 1.165) is 55.3 Å². The lowest BCUT2D eigenvalue weighted by molar-refractivity contribution is 1.18. The molecule has 2 heterocycles. The molecule has 230 valence electrons. The fourth-order valence-corrected chi connectivity index (χ4v) is 7.52. The molecule has 7 aromatic carbocycles. The molecule has 5 heteroatoms. The molecule has 5 nitrogen and oxygen atoms in total. The van der Waals surface area contributed by atoms with Gasteiger partial charge in [-0.1, -0.05) is 91.0 Å². The van der Waals surface area contributed by atoms with Gasteiger partial charge in [0.15, 0.2) is 5.69 Å². The zero-order chi connectivity index (χ0) is 33.8. The summed E-state index contributed by atoms with van der Waals surface area (Å²) >= 11 is 0. The minimum absolute atomic E-state index is 0.458. The molecule has 0 aliphatic heterocycles. The van der Waals surface area contributed by atoms with Gasteiger partial charge in [-0.25, -0.2) is 4.85 Å². The molecular formula is C45H25N5. The van der Waals surface area contributed by atoms with Crippen molar-refractivity contribution in [3.63, 3.8) is 0 Å². The van der Waals surface area contributed by atoms with Crippen LogP contribution in [0.25, 0.3) is 82.1 Å². The van der Waals surface area contributed by atoms with Gasteiger partial charge in [0.2, 0.25) is 0 Å². The number of aromatic nitrogens is 2. The van der Waals surface area contributed by atoms with E-state index < -0.39 is 0 Å². The molecular weight excluding hydrogens is 611 g/mol. The van der Waals surface area contributed by atoms with Gasteiger partial charge in [0.25, 0.3) is 0 Å². The highest BCUT2D eigenvalue weighted by atomic mass is 15.0. The van der Waals surface area contributed by atoms with Crippen molar-refractivity contribution >= 4 is 49.3 Å². The molecule has 0 atom stereocenters. The minimum atomic E-state index is 0.458. The number of benzene rings is 7. The SMILES string of the molecule is [C-]#[N+]c1ccc(-n2c3ccccc3c3cc(C#N)ccc32)cc1-c1c(C#N)cccc1-c1ccccc1-n1c2ccccc2c2ccccc21. The van der Waals surface area contributed by atoms with Crippen LogP contribution in [0, 0.1) is 29.2 Å². The highest BCUT2D eigenvalue weighted by Crippen LogP contribution is 2.44. The van der Waals surface area contributed by atoms with Crippen LogP contribution in [-0.4, -0.2) is 9.13 Å². The molecule has 0 aliphatic rings. The summed E-state index contributed by atoms with van der Waals surface area (Å²) in [6.07, 6.45) is 0. The topological polar surface area (TPSA) is 61.8 Å². The van der Waals surface area contributed by atoms with Crippen molar-refractivity contribution in [3.8, 4) is 45.8 Å². The summed E-state index contributed by atoms with van der Waals surface area (Å²) in [6, 6.07) is 55.4. The average Bonchev–Trinajstić information content (AvgIpc) is 3.70. The second kappa shape index (κ2) is 11.4. The summed E-state index contributed by atoms with van der Waals surface area (Å²) in [5.74, 6) is 0. The van der Waals surface area contributed by atoms with E-state index in [2.05, 4.69) is 98.9 Å². The van der Waals surface area contributed by atoms with Gasteiger partial charge in [0.05, 0.1) is 57.6 Å². The van der Waals surface area contributed by atoms with Crippen molar-refractivity contribution in [2.45, 2.75) is 0 Å². The van der Waals surface area contributed by atoms with E-state index in [-0.39, 0.29) is 0 Å². The first-order valence-electron chi connectivity index (χ1n) is 16.3. The maximum atomic E-state index is 10.6. The van der Waals surface area contributed by atoms with Gasteiger partial charge in [-0.05, 0) is 77.4 Å². The Balaban J connectivity index is 1.33. The Kier molecular flexibility index (Phi) is 6.56. The summed E-state index contributed by atoms with van der Waals surface area (Å²) in [5.41, 5.74) is 10.7. The molecule has 9 rings (SSSR count). The molecule has 0 N–H and O–H groups in total. The summed E-state index contributed by atoms with van der Waals surface area (Å²) in [5, 5.41) is 24.6. The van der Waals surface area contributed by atoms with Crippen LogP contribution in [0.4, 0.5) is 5.69 Å². The van der Waals surface area contributed by atoms with Crippen molar-refractivity contribution in [2.75, 3.05) is 0 Å². The van der Waals surface area contributed by atoms with Crippen LogP contribution >= 0.6 is 0 Å². The average molecular weight is 636 g/mol. The Morgan fingerprint density at radius 3 is 1.76 bits per heavy atom. The van der Waals surface area contributed by atoms with E-state index in [4.69, 9.17) is 6.57 Å². The fraction of sp³-hybridized carbons (Fsp3) is 0. The lowest BCUT2D eigenvalue weighted by Gasteiger charge is -2.19. The zero-order valence-corrected chi connectivity index (χ0v) is 26.7. The van der Waals surface area contributed by atoms with Crippen LogP contribution in [0.2, 0.25) is 0 Å². The van der Waals surface area contributed by atoms with E-state index in [1.807, 2.05) is 78.9 Å². The van der Waals surface area contributed by atoms with Crippen LogP contribution in [0.5, 0.6) is 0 Å². The van der Waals surface area contributed by atoms with Gasteiger partial charge in [-0.3, -0.25) is 0 Å². The lowest BCUT2D eigenvalue weighted by atomic mass is 9.89. The highest BCUT2D eigenvalue weighted by Gasteiger charge is 2.22. The van der Waals surface area contributed by atoms with Crippen LogP contribution in [0.1, 0.15) is 11.1 Å². The predicted octanol–water partition coefficient (Wildman–Crippen LogP) is 11.5. The maximum absolute atomic E-state index is 10.6. The summed E-state index contributed by atoms with van der Waals surface area (Å²) in [6.45, 7) is 8.23. The summed E-state index contributed by atoms with van der Waals surface area (Å²) in [4.78, 5) is 3.97. The summed E-state index contributed by atoms with van der Waals surface area (Å²) in [7, 11) is 0. The second-order valence-electron chi connectivity index (χ2n) is 12.2. The minimum Gasteiger partial charge on any atom is -0.309 e. The van der Waals surface area contributed by atoms with E-state index in [0.29, 0.717) is 27.9 Å². The maximum Gasteiger partial charge on any atom is 0.195 e. The number of para-hydroxylation sites is 4. The smallest absolute Gasteiger partial charge is 0.195 e. The molecule has 0 fully saturated rings. The van der Waals surface area contributed by atoms with Gasteiger partial charge >= 0.3 is 0 Å². The van der Waals surface area contributed by atoms with Crippen LogP contribution in [0.3, 0.4) is 0 Å². The van der Waals surface area contributed by atoms with Crippen molar-refractivity contribution in [3.05, 3.63) is 174 Å². The molecule has 0 unspecified atom stereocenters. The molecule has 0 bridgehead atoms. The highest BCUT2D eigenvalue weighted by molar-refractivity contribution is 6.11. The third kappa shape index (κ3) is 4.24. The zero-order valence-electron chi connectivity index (χ0n) is 26.7. The first-order valence-corrected chi connectivity index (χ1v) is 16.3. The number of nitriles is 2. The third-order valence-electron chi connectivity index (χ3n) is 9.63. The van der Waals surface area contributed by atoms with Crippen molar-refractivity contribution in [2.24, 2.45) is 0 Å². The monoisotopic (exact) mass is 635 g/mol. The second-order valence-corrected chi connectivity index (χ2v) is 12.2. The van der Waals surface area contributed by atoms with E-state index in [9.17, 15) is 10.5 Å². The molecule has 9 aromatic rings. The normalized spacial score (nSPS) is 11.1. The van der Waals surface area contributed by atoms with Crippen LogP contribution < -0.4 is 0 Å². The van der Waals surface area contributed by atoms with Crippen LogP contribution in [-0.2, 0) is 0 Å². The first-order chi connectivity index (χ1) is 24.7. The van der Waals surface area contributed by atoms with E-state index in [1.54, 1.807) is 0 Å². The molecule has 0 radical (unpaired) electrons. The molecule has 0 saturated heterocycles. The Morgan fingerprint density at radius 2 is 1.08 bits per heavy atom. The number of hydrogen-bond acceptors (Lipinski definition) is 2. The Labute approximate surface area is 288 Å². The van der Waals surface area contributed by atoms with Gasteiger partial charge in [-0.15, -0.1) is 0 Å².